The summed E-state index contributed by atoms with van der Waals surface area (Å²) in [5.41, 5.74) is 2.52. The Labute approximate surface area is 221 Å². The number of amides is 1. The SMILES string of the molecule is CC(C)CCOc1ccc(C(=O)NC(=S)Nc2cccc(OCCCc3ccccc3)c2)cc1Br. The zero-order valence-corrected chi connectivity index (χ0v) is 22.5. The minimum absolute atomic E-state index is 0.213. The molecule has 0 radical (unpaired) electrons. The second-order valence-electron chi connectivity index (χ2n) is 8.55. The molecular formula is C28H31BrN2O3S. The molecule has 3 aromatic rings. The van der Waals surface area contributed by atoms with Gasteiger partial charge in [0.15, 0.2) is 5.11 Å². The van der Waals surface area contributed by atoms with E-state index in [9.17, 15) is 4.79 Å². The number of halogens is 1. The Kier molecular flexibility index (Phi) is 10.6. The minimum atomic E-state index is -0.301. The molecule has 3 rings (SSSR count). The summed E-state index contributed by atoms with van der Waals surface area (Å²) in [5, 5.41) is 5.98. The van der Waals surface area contributed by atoms with E-state index in [1.54, 1.807) is 18.2 Å². The van der Waals surface area contributed by atoms with Gasteiger partial charge in [-0.3, -0.25) is 10.1 Å². The van der Waals surface area contributed by atoms with Crippen LogP contribution in [0.1, 0.15) is 42.6 Å². The molecule has 0 aliphatic heterocycles. The Bertz CT molecular complexity index is 1120. The van der Waals surface area contributed by atoms with Crippen molar-refractivity contribution in [3.63, 3.8) is 0 Å². The zero-order valence-electron chi connectivity index (χ0n) is 20.1. The normalized spacial score (nSPS) is 10.6. The summed E-state index contributed by atoms with van der Waals surface area (Å²) in [6, 6.07) is 23.1. The lowest BCUT2D eigenvalue weighted by molar-refractivity contribution is 0.0977. The maximum absolute atomic E-state index is 12.6. The summed E-state index contributed by atoms with van der Waals surface area (Å²) in [7, 11) is 0. The van der Waals surface area contributed by atoms with Crippen LogP contribution in [0.5, 0.6) is 11.5 Å². The number of thiocarbonyl (C=S) groups is 1. The van der Waals surface area contributed by atoms with E-state index in [2.05, 4.69) is 52.5 Å². The van der Waals surface area contributed by atoms with Crippen molar-refractivity contribution in [2.24, 2.45) is 5.92 Å². The molecule has 184 valence electrons. The standard InChI is InChI=1S/C28H31BrN2O3S/c1-20(2)15-17-34-26-14-13-22(18-25(26)29)27(32)31-28(35)30-23-11-6-12-24(19-23)33-16-7-10-21-8-4-3-5-9-21/h3-6,8-9,11-14,18-20H,7,10,15-17H2,1-2H3,(H2,30,31,32,35). The third-order valence-electron chi connectivity index (χ3n) is 5.19. The average Bonchev–Trinajstić information content (AvgIpc) is 2.83. The van der Waals surface area contributed by atoms with Gasteiger partial charge in [-0.15, -0.1) is 0 Å². The van der Waals surface area contributed by atoms with E-state index in [-0.39, 0.29) is 11.0 Å². The quantitative estimate of drug-likeness (QED) is 0.197. The summed E-state index contributed by atoms with van der Waals surface area (Å²) in [6.07, 6.45) is 2.86. The van der Waals surface area contributed by atoms with Gasteiger partial charge in [-0.25, -0.2) is 0 Å². The van der Waals surface area contributed by atoms with E-state index < -0.39 is 0 Å². The molecule has 0 aliphatic rings. The molecule has 0 bridgehead atoms. The molecule has 0 spiro atoms. The number of aryl methyl sites for hydroxylation is 1. The number of rotatable bonds is 11. The first-order valence-corrected chi connectivity index (χ1v) is 12.9. The van der Waals surface area contributed by atoms with Gasteiger partial charge in [0.1, 0.15) is 11.5 Å². The second kappa shape index (κ2) is 13.9. The highest BCUT2D eigenvalue weighted by Crippen LogP contribution is 2.26. The Hall–Kier alpha value is -2.90. The van der Waals surface area contributed by atoms with E-state index in [0.717, 1.165) is 35.2 Å². The summed E-state index contributed by atoms with van der Waals surface area (Å²) < 4.78 is 12.4. The molecule has 0 aliphatic carbocycles. The zero-order chi connectivity index (χ0) is 25.0. The van der Waals surface area contributed by atoms with Crippen molar-refractivity contribution >= 4 is 44.9 Å². The predicted octanol–water partition coefficient (Wildman–Crippen LogP) is 7.01. The Morgan fingerprint density at radius 1 is 0.971 bits per heavy atom. The van der Waals surface area contributed by atoms with Crippen LogP contribution in [0.3, 0.4) is 0 Å². The lowest BCUT2D eigenvalue weighted by atomic mass is 10.1. The first-order valence-electron chi connectivity index (χ1n) is 11.7. The van der Waals surface area contributed by atoms with Gasteiger partial charge in [-0.05, 0) is 89.2 Å². The number of hydrogen-bond donors (Lipinski definition) is 2. The molecule has 3 aromatic carbocycles. The van der Waals surface area contributed by atoms with Crippen molar-refractivity contribution in [1.29, 1.82) is 0 Å². The third kappa shape index (κ3) is 9.34. The molecule has 1 amide bonds. The molecule has 2 N–H and O–H groups in total. The van der Waals surface area contributed by atoms with Crippen molar-refractivity contribution in [2.75, 3.05) is 18.5 Å². The van der Waals surface area contributed by atoms with Crippen LogP contribution >= 0.6 is 28.1 Å². The van der Waals surface area contributed by atoms with Crippen LogP contribution in [0.15, 0.2) is 77.3 Å². The summed E-state index contributed by atoms with van der Waals surface area (Å²) in [5.74, 6) is 1.72. The van der Waals surface area contributed by atoms with Gasteiger partial charge in [0.05, 0.1) is 17.7 Å². The van der Waals surface area contributed by atoms with Gasteiger partial charge in [-0.2, -0.15) is 0 Å². The highest BCUT2D eigenvalue weighted by atomic mass is 79.9. The number of ether oxygens (including phenoxy) is 2. The van der Waals surface area contributed by atoms with Crippen LogP contribution in [-0.2, 0) is 6.42 Å². The second-order valence-corrected chi connectivity index (χ2v) is 9.81. The summed E-state index contributed by atoms with van der Waals surface area (Å²) in [6.45, 7) is 5.55. The molecule has 0 fully saturated rings. The molecule has 5 nitrogen and oxygen atoms in total. The Morgan fingerprint density at radius 3 is 2.51 bits per heavy atom. The lowest BCUT2D eigenvalue weighted by Crippen LogP contribution is -2.34. The first-order chi connectivity index (χ1) is 16.9. The van der Waals surface area contributed by atoms with E-state index in [4.69, 9.17) is 21.7 Å². The highest BCUT2D eigenvalue weighted by molar-refractivity contribution is 9.10. The fourth-order valence-electron chi connectivity index (χ4n) is 3.28. The number of carbonyl (C=O) groups excluding carboxylic acids is 1. The summed E-state index contributed by atoms with van der Waals surface area (Å²) in [4.78, 5) is 12.6. The summed E-state index contributed by atoms with van der Waals surface area (Å²) >= 11 is 8.82. The van der Waals surface area contributed by atoms with E-state index in [1.165, 1.54) is 5.56 Å². The van der Waals surface area contributed by atoms with Crippen LogP contribution in [-0.4, -0.2) is 24.2 Å². The average molecular weight is 556 g/mol. The van der Waals surface area contributed by atoms with Gasteiger partial charge in [0.2, 0.25) is 0 Å². The monoisotopic (exact) mass is 554 g/mol. The van der Waals surface area contributed by atoms with Crippen molar-refractivity contribution in [3.8, 4) is 11.5 Å². The maximum Gasteiger partial charge on any atom is 0.257 e. The molecule has 0 unspecified atom stereocenters. The number of carbonyl (C=O) groups is 1. The number of benzene rings is 3. The van der Waals surface area contributed by atoms with Crippen molar-refractivity contribution < 1.29 is 14.3 Å². The molecule has 0 saturated heterocycles. The maximum atomic E-state index is 12.6. The molecule has 0 heterocycles. The number of hydrogen-bond acceptors (Lipinski definition) is 4. The Balaban J connectivity index is 1.46. The largest absolute Gasteiger partial charge is 0.494 e. The predicted molar refractivity (Wildman–Crippen MR) is 149 cm³/mol. The molecular weight excluding hydrogens is 524 g/mol. The van der Waals surface area contributed by atoms with Crippen LogP contribution in [0.4, 0.5) is 5.69 Å². The van der Waals surface area contributed by atoms with Gasteiger partial charge in [0.25, 0.3) is 5.91 Å². The molecule has 0 atom stereocenters. The van der Waals surface area contributed by atoms with E-state index in [0.29, 0.717) is 30.4 Å². The van der Waals surface area contributed by atoms with Crippen LogP contribution < -0.4 is 20.1 Å². The number of nitrogens with one attached hydrogen (secondary N) is 2. The van der Waals surface area contributed by atoms with Crippen LogP contribution in [0, 0.1) is 5.92 Å². The fraction of sp³-hybridized carbons (Fsp3) is 0.286. The lowest BCUT2D eigenvalue weighted by Gasteiger charge is -2.13. The third-order valence-corrected chi connectivity index (χ3v) is 6.01. The van der Waals surface area contributed by atoms with E-state index >= 15 is 0 Å². The fourth-order valence-corrected chi connectivity index (χ4v) is 3.98. The van der Waals surface area contributed by atoms with Gasteiger partial charge >= 0.3 is 0 Å². The molecule has 7 heteroatoms. The number of anilines is 1. The van der Waals surface area contributed by atoms with Gasteiger partial charge < -0.3 is 14.8 Å². The van der Waals surface area contributed by atoms with Crippen molar-refractivity contribution in [2.45, 2.75) is 33.1 Å². The highest BCUT2D eigenvalue weighted by Gasteiger charge is 2.11. The van der Waals surface area contributed by atoms with Gasteiger partial charge in [-0.1, -0.05) is 50.2 Å². The smallest absolute Gasteiger partial charge is 0.257 e. The van der Waals surface area contributed by atoms with Crippen LogP contribution in [0.25, 0.3) is 0 Å². The molecule has 0 saturated carbocycles. The van der Waals surface area contributed by atoms with Crippen molar-refractivity contribution in [3.05, 3.63) is 88.4 Å². The molecule has 0 aromatic heterocycles. The topological polar surface area (TPSA) is 59.6 Å². The molecule has 35 heavy (non-hydrogen) atoms. The van der Waals surface area contributed by atoms with E-state index in [1.807, 2.05) is 42.5 Å². The van der Waals surface area contributed by atoms with Crippen LogP contribution in [0.2, 0.25) is 0 Å². The van der Waals surface area contributed by atoms with Crippen molar-refractivity contribution in [1.82, 2.24) is 5.32 Å². The Morgan fingerprint density at radius 2 is 1.77 bits per heavy atom. The first kappa shape index (κ1) is 26.7. The minimum Gasteiger partial charge on any atom is -0.494 e. The van der Waals surface area contributed by atoms with Gasteiger partial charge in [0, 0.05) is 17.3 Å².